The molecule has 0 saturated heterocycles. The summed E-state index contributed by atoms with van der Waals surface area (Å²) in [6.07, 6.45) is 2.02. The summed E-state index contributed by atoms with van der Waals surface area (Å²) in [5.74, 6) is 0. The second-order valence-corrected chi connectivity index (χ2v) is 8.65. The van der Waals surface area contributed by atoms with Crippen LogP contribution in [0.1, 0.15) is 11.1 Å². The van der Waals surface area contributed by atoms with Crippen LogP contribution < -0.4 is 10.6 Å². The van der Waals surface area contributed by atoms with E-state index in [-0.39, 0.29) is 0 Å². The monoisotopic (exact) mass is 376 g/mol. The largest absolute Gasteiger partial charge is 0.390 e. The van der Waals surface area contributed by atoms with Gasteiger partial charge in [0.25, 0.3) is 0 Å². The average Bonchev–Trinajstić information content (AvgIpc) is 2.74. The zero-order valence-corrected chi connectivity index (χ0v) is 16.3. The number of hydrogen-bond acceptors (Lipinski definition) is 2. The van der Waals surface area contributed by atoms with E-state index in [1.54, 1.807) is 0 Å². The molecule has 0 aromatic heterocycles. The first kappa shape index (κ1) is 19.5. The van der Waals surface area contributed by atoms with Crippen molar-refractivity contribution in [3.05, 3.63) is 103 Å². The smallest absolute Gasteiger partial charge is 0.0818 e. The van der Waals surface area contributed by atoms with E-state index < -0.39 is 14.0 Å². The molecule has 3 heteroatoms. The van der Waals surface area contributed by atoms with Crippen molar-refractivity contribution in [2.24, 2.45) is 0 Å². The third-order valence-corrected chi connectivity index (χ3v) is 6.95. The molecule has 0 aliphatic carbocycles. The predicted octanol–water partition coefficient (Wildman–Crippen LogP) is 4.34. The molecule has 0 aliphatic heterocycles. The van der Waals surface area contributed by atoms with E-state index in [0.29, 0.717) is 19.4 Å². The first-order valence-corrected chi connectivity index (χ1v) is 10.6. The van der Waals surface area contributed by atoms with Crippen LogP contribution in [-0.2, 0) is 11.3 Å². The highest BCUT2D eigenvalue weighted by molar-refractivity contribution is 7.73. The molecule has 0 spiro atoms. The molecule has 0 heterocycles. The van der Waals surface area contributed by atoms with E-state index in [1.807, 2.05) is 42.5 Å². The van der Waals surface area contributed by atoms with Crippen molar-refractivity contribution in [2.75, 3.05) is 12.8 Å². The highest BCUT2D eigenvalue weighted by Gasteiger charge is 2.18. The molecule has 1 atom stereocenters. The van der Waals surface area contributed by atoms with Crippen LogP contribution in [0.3, 0.4) is 0 Å². The molecule has 0 saturated carbocycles. The van der Waals surface area contributed by atoms with Gasteiger partial charge in [0.1, 0.15) is 0 Å². The topological polar surface area (TPSA) is 29.5 Å². The van der Waals surface area contributed by atoms with Gasteiger partial charge in [0.05, 0.1) is 19.3 Å². The Hall–Kier alpha value is -2.25. The average molecular weight is 376 g/mol. The first-order chi connectivity index (χ1) is 13.3. The van der Waals surface area contributed by atoms with Crippen LogP contribution in [0.25, 0.3) is 6.08 Å². The van der Waals surface area contributed by atoms with Gasteiger partial charge in [-0.15, -0.1) is 0 Å². The molecular formula is C24H25O2P. The molecule has 1 unspecified atom stereocenters. The van der Waals surface area contributed by atoms with E-state index in [1.165, 1.54) is 10.6 Å². The fourth-order valence-corrected chi connectivity index (χ4v) is 5.21. The molecule has 0 radical (unpaired) electrons. The van der Waals surface area contributed by atoms with Crippen molar-refractivity contribution in [2.45, 2.75) is 12.7 Å². The molecule has 0 bridgehead atoms. The van der Waals surface area contributed by atoms with Gasteiger partial charge in [-0.05, 0) is 29.7 Å². The van der Waals surface area contributed by atoms with E-state index >= 15 is 0 Å². The van der Waals surface area contributed by atoms with Crippen molar-refractivity contribution in [3.63, 3.8) is 0 Å². The maximum atomic E-state index is 10.6. The summed E-state index contributed by atoms with van der Waals surface area (Å²) in [6.45, 7) is 4.60. The Labute approximate surface area is 162 Å². The van der Waals surface area contributed by atoms with E-state index in [0.717, 1.165) is 11.1 Å². The normalized spacial score (nSPS) is 12.1. The minimum Gasteiger partial charge on any atom is -0.390 e. The third kappa shape index (κ3) is 5.87. The fraction of sp³-hybridized carbons (Fsp3) is 0.167. The minimum absolute atomic E-state index is 0.335. The third-order valence-electron chi connectivity index (χ3n) is 4.32. The Balaban J connectivity index is 1.59. The maximum Gasteiger partial charge on any atom is 0.0818 e. The standard InChI is InChI=1S/C24H25O2P/c1-2-20-13-15-21(16-14-20)17-26-18-22(25)19-27(23-9-5-3-6-10-23)24-11-7-4-8-12-24/h2-16,22,25H,1,17-19H2. The lowest BCUT2D eigenvalue weighted by Crippen LogP contribution is -2.25. The lowest BCUT2D eigenvalue weighted by atomic mass is 10.1. The van der Waals surface area contributed by atoms with Gasteiger partial charge in [-0.3, -0.25) is 0 Å². The molecule has 1 N–H and O–H groups in total. The predicted molar refractivity (Wildman–Crippen MR) is 116 cm³/mol. The van der Waals surface area contributed by atoms with Crippen molar-refractivity contribution >= 4 is 24.6 Å². The lowest BCUT2D eigenvalue weighted by molar-refractivity contribution is 0.0394. The van der Waals surface area contributed by atoms with Crippen LogP contribution in [-0.4, -0.2) is 24.0 Å². The van der Waals surface area contributed by atoms with Crippen molar-refractivity contribution in [1.82, 2.24) is 0 Å². The summed E-state index contributed by atoms with van der Waals surface area (Å²) in [6, 6.07) is 29.0. The van der Waals surface area contributed by atoms with Gasteiger partial charge < -0.3 is 9.84 Å². The fourth-order valence-electron chi connectivity index (χ4n) is 2.90. The Kier molecular flexibility index (Phi) is 7.36. The van der Waals surface area contributed by atoms with Crippen LogP contribution in [0.2, 0.25) is 0 Å². The molecule has 0 aliphatic rings. The molecule has 3 aromatic rings. The molecule has 0 amide bonds. The number of rotatable bonds is 9. The SMILES string of the molecule is C=Cc1ccc(COCC(O)CP(c2ccccc2)c2ccccc2)cc1. The Morgan fingerprint density at radius 2 is 1.41 bits per heavy atom. The molecule has 3 rings (SSSR count). The van der Waals surface area contributed by atoms with Gasteiger partial charge in [-0.25, -0.2) is 0 Å². The summed E-state index contributed by atoms with van der Waals surface area (Å²) >= 11 is 0. The summed E-state index contributed by atoms with van der Waals surface area (Å²) in [5.41, 5.74) is 2.19. The zero-order chi connectivity index (χ0) is 18.9. The molecule has 3 aromatic carbocycles. The van der Waals surface area contributed by atoms with Crippen LogP contribution in [0.15, 0.2) is 91.5 Å². The second kappa shape index (κ2) is 10.2. The van der Waals surface area contributed by atoms with E-state index in [2.05, 4.69) is 55.1 Å². The molecule has 2 nitrogen and oxygen atoms in total. The van der Waals surface area contributed by atoms with Crippen LogP contribution in [0.4, 0.5) is 0 Å². The van der Waals surface area contributed by atoms with Crippen molar-refractivity contribution in [3.8, 4) is 0 Å². The van der Waals surface area contributed by atoms with Gasteiger partial charge in [0, 0.05) is 6.16 Å². The van der Waals surface area contributed by atoms with Crippen LogP contribution >= 0.6 is 7.92 Å². The summed E-state index contributed by atoms with van der Waals surface area (Å²) in [5, 5.41) is 13.1. The second-order valence-electron chi connectivity index (χ2n) is 6.40. The van der Waals surface area contributed by atoms with Gasteiger partial charge in [-0.2, -0.15) is 0 Å². The zero-order valence-electron chi connectivity index (χ0n) is 15.4. The Bertz CT molecular complexity index is 777. The Morgan fingerprint density at radius 1 is 0.852 bits per heavy atom. The van der Waals surface area contributed by atoms with Crippen LogP contribution in [0, 0.1) is 0 Å². The van der Waals surface area contributed by atoms with Crippen LogP contribution in [0.5, 0.6) is 0 Å². The van der Waals surface area contributed by atoms with Crippen molar-refractivity contribution < 1.29 is 9.84 Å². The number of aliphatic hydroxyl groups is 1. The summed E-state index contributed by atoms with van der Waals surface area (Å²) < 4.78 is 5.76. The highest BCUT2D eigenvalue weighted by atomic mass is 31.1. The maximum absolute atomic E-state index is 10.6. The van der Waals surface area contributed by atoms with Gasteiger partial charge in [0.2, 0.25) is 0 Å². The summed E-state index contributed by atoms with van der Waals surface area (Å²) in [7, 11) is -0.609. The quantitative estimate of drug-likeness (QED) is 0.563. The lowest BCUT2D eigenvalue weighted by Gasteiger charge is -2.22. The molecule has 138 valence electrons. The molecular weight excluding hydrogens is 351 g/mol. The number of hydrogen-bond donors (Lipinski definition) is 1. The summed E-state index contributed by atoms with van der Waals surface area (Å²) in [4.78, 5) is 0. The van der Waals surface area contributed by atoms with E-state index in [9.17, 15) is 5.11 Å². The Morgan fingerprint density at radius 3 is 1.93 bits per heavy atom. The molecule has 27 heavy (non-hydrogen) atoms. The number of aliphatic hydroxyl groups excluding tert-OH is 1. The number of benzene rings is 3. The van der Waals surface area contributed by atoms with Gasteiger partial charge >= 0.3 is 0 Å². The highest BCUT2D eigenvalue weighted by Crippen LogP contribution is 2.34. The van der Waals surface area contributed by atoms with Crippen molar-refractivity contribution in [1.29, 1.82) is 0 Å². The molecule has 0 fully saturated rings. The number of ether oxygens (including phenoxy) is 1. The minimum atomic E-state index is -0.609. The van der Waals surface area contributed by atoms with E-state index in [4.69, 9.17) is 4.74 Å². The first-order valence-electron chi connectivity index (χ1n) is 9.11. The van der Waals surface area contributed by atoms with Gasteiger partial charge in [0.15, 0.2) is 0 Å². The van der Waals surface area contributed by atoms with Gasteiger partial charge in [-0.1, -0.05) is 97.6 Å².